The Morgan fingerprint density at radius 2 is 2.18 bits per heavy atom. The molecule has 0 bridgehead atoms. The maximum atomic E-state index is 11.3. The quantitative estimate of drug-likeness (QED) is 0.850. The third-order valence-corrected chi connectivity index (χ3v) is 3.02. The van der Waals surface area contributed by atoms with E-state index in [1.165, 1.54) is 12.3 Å². The molecule has 2 heterocycles. The van der Waals surface area contributed by atoms with Crippen LogP contribution < -0.4 is 5.43 Å². The minimum absolute atomic E-state index is 0.167. The highest BCUT2D eigenvalue weighted by atomic mass is 16.5. The Morgan fingerprint density at radius 1 is 1.47 bits per heavy atom. The zero-order valence-corrected chi connectivity index (χ0v) is 9.46. The zero-order chi connectivity index (χ0) is 12.3. The van der Waals surface area contributed by atoms with Crippen LogP contribution >= 0.6 is 0 Å². The van der Waals surface area contributed by atoms with Crippen molar-refractivity contribution < 1.29 is 14.6 Å². The predicted molar refractivity (Wildman–Crippen MR) is 61.2 cm³/mol. The first-order valence-corrected chi connectivity index (χ1v) is 5.68. The number of rotatable bonds is 3. The Bertz CT molecular complexity index is 460. The van der Waals surface area contributed by atoms with Crippen molar-refractivity contribution >= 4 is 5.97 Å². The maximum absolute atomic E-state index is 11.3. The van der Waals surface area contributed by atoms with Crippen LogP contribution in [0, 0.1) is 5.92 Å². The van der Waals surface area contributed by atoms with Gasteiger partial charge in [-0.1, -0.05) is 0 Å². The smallest absolute Gasteiger partial charge is 0.341 e. The number of hydrogen-bond acceptors (Lipinski definition) is 3. The minimum Gasteiger partial charge on any atom is -0.477 e. The maximum Gasteiger partial charge on any atom is 0.341 e. The third kappa shape index (κ3) is 2.94. The van der Waals surface area contributed by atoms with Crippen LogP contribution in [0.3, 0.4) is 0 Å². The highest BCUT2D eigenvalue weighted by Crippen LogP contribution is 2.16. The normalized spacial score (nSPS) is 16.9. The minimum atomic E-state index is -1.17. The van der Waals surface area contributed by atoms with Gasteiger partial charge in [-0.25, -0.2) is 4.79 Å². The molecule has 0 aliphatic carbocycles. The molecule has 0 unspecified atom stereocenters. The van der Waals surface area contributed by atoms with E-state index >= 15 is 0 Å². The van der Waals surface area contributed by atoms with E-state index in [1.807, 2.05) is 0 Å². The van der Waals surface area contributed by atoms with Crippen LogP contribution in [0.2, 0.25) is 0 Å². The first-order valence-electron chi connectivity index (χ1n) is 5.68. The summed E-state index contributed by atoms with van der Waals surface area (Å²) in [7, 11) is 0. The van der Waals surface area contributed by atoms with Gasteiger partial charge in [0, 0.05) is 38.2 Å². The summed E-state index contributed by atoms with van der Waals surface area (Å²) in [6.07, 6.45) is 5.02. The van der Waals surface area contributed by atoms with Gasteiger partial charge in [0.25, 0.3) is 0 Å². The number of hydrogen-bond donors (Lipinski definition) is 1. The van der Waals surface area contributed by atoms with Gasteiger partial charge in [-0.05, 0) is 18.8 Å². The molecule has 17 heavy (non-hydrogen) atoms. The summed E-state index contributed by atoms with van der Waals surface area (Å²) in [5.74, 6) is -0.677. The summed E-state index contributed by atoms with van der Waals surface area (Å²) in [4.78, 5) is 22.1. The highest BCUT2D eigenvalue weighted by Gasteiger charge is 2.15. The molecule has 1 aromatic rings. The molecule has 1 N–H and O–H groups in total. The lowest BCUT2D eigenvalue weighted by Crippen LogP contribution is -2.22. The van der Waals surface area contributed by atoms with E-state index < -0.39 is 11.4 Å². The topological polar surface area (TPSA) is 68.5 Å². The van der Waals surface area contributed by atoms with Crippen LogP contribution in [0.1, 0.15) is 23.2 Å². The van der Waals surface area contributed by atoms with Crippen molar-refractivity contribution in [2.45, 2.75) is 19.4 Å². The lowest BCUT2D eigenvalue weighted by molar-refractivity contribution is 0.0609. The van der Waals surface area contributed by atoms with Crippen LogP contribution in [0.4, 0.5) is 0 Å². The molecule has 92 valence electrons. The zero-order valence-electron chi connectivity index (χ0n) is 9.46. The molecular formula is C12H15NO4. The van der Waals surface area contributed by atoms with E-state index in [1.54, 1.807) is 10.8 Å². The second-order valence-electron chi connectivity index (χ2n) is 4.28. The molecule has 1 aliphatic rings. The Labute approximate surface area is 98.6 Å². The van der Waals surface area contributed by atoms with Crippen molar-refractivity contribution in [3.63, 3.8) is 0 Å². The van der Waals surface area contributed by atoms with Gasteiger partial charge in [0.05, 0.1) is 0 Å². The molecule has 0 spiro atoms. The fourth-order valence-corrected chi connectivity index (χ4v) is 2.03. The van der Waals surface area contributed by atoms with E-state index in [4.69, 9.17) is 9.84 Å². The summed E-state index contributed by atoms with van der Waals surface area (Å²) in [6.45, 7) is 2.26. The monoisotopic (exact) mass is 237 g/mol. The van der Waals surface area contributed by atoms with Crippen LogP contribution in [0.25, 0.3) is 0 Å². The second kappa shape index (κ2) is 5.14. The van der Waals surface area contributed by atoms with Gasteiger partial charge >= 0.3 is 5.97 Å². The second-order valence-corrected chi connectivity index (χ2v) is 4.28. The van der Waals surface area contributed by atoms with E-state index in [-0.39, 0.29) is 5.56 Å². The summed E-state index contributed by atoms with van der Waals surface area (Å²) in [5, 5.41) is 8.86. The summed E-state index contributed by atoms with van der Waals surface area (Å²) in [6, 6.07) is 1.31. The molecule has 1 aliphatic heterocycles. The van der Waals surface area contributed by atoms with Gasteiger partial charge in [0.2, 0.25) is 0 Å². The fraction of sp³-hybridized carbons (Fsp3) is 0.500. The van der Waals surface area contributed by atoms with Crippen molar-refractivity contribution in [1.29, 1.82) is 0 Å². The van der Waals surface area contributed by atoms with Crippen molar-refractivity contribution in [2.24, 2.45) is 5.92 Å². The summed E-state index contributed by atoms with van der Waals surface area (Å²) in [5.41, 5.74) is -0.611. The first kappa shape index (κ1) is 11.9. The van der Waals surface area contributed by atoms with Gasteiger partial charge in [-0.3, -0.25) is 4.79 Å². The molecule has 1 fully saturated rings. The number of carboxylic acids is 1. The average molecular weight is 237 g/mol. The Hall–Kier alpha value is -1.62. The van der Waals surface area contributed by atoms with Gasteiger partial charge in [0.15, 0.2) is 5.43 Å². The number of aromatic carboxylic acids is 1. The SMILES string of the molecule is O=C(O)c1cn(CC2CCOCC2)ccc1=O. The van der Waals surface area contributed by atoms with Crippen molar-refractivity contribution in [2.75, 3.05) is 13.2 Å². The standard InChI is InChI=1S/C12H15NO4/c14-11-1-4-13(8-10(11)12(15)16)7-9-2-5-17-6-3-9/h1,4,8-9H,2-3,5-7H2,(H,15,16). The molecule has 1 saturated heterocycles. The van der Waals surface area contributed by atoms with Gasteiger partial charge < -0.3 is 14.4 Å². The first-order chi connectivity index (χ1) is 8.16. The van der Waals surface area contributed by atoms with Crippen molar-refractivity contribution in [1.82, 2.24) is 4.57 Å². The molecule has 0 atom stereocenters. The number of aromatic nitrogens is 1. The molecular weight excluding hydrogens is 222 g/mol. The summed E-state index contributed by atoms with van der Waals surface area (Å²) < 4.78 is 7.04. The van der Waals surface area contributed by atoms with E-state index in [2.05, 4.69) is 0 Å². The summed E-state index contributed by atoms with van der Waals surface area (Å²) >= 11 is 0. The number of ether oxygens (including phenoxy) is 1. The Kier molecular flexibility index (Phi) is 3.58. The van der Waals surface area contributed by atoms with Gasteiger partial charge in [0.1, 0.15) is 5.56 Å². The molecule has 0 saturated carbocycles. The molecule has 0 amide bonds. The predicted octanol–water partition coefficient (Wildman–Crippen LogP) is 0.973. The number of pyridine rings is 1. The lowest BCUT2D eigenvalue weighted by atomic mass is 10.0. The largest absolute Gasteiger partial charge is 0.477 e. The van der Waals surface area contributed by atoms with Crippen LogP contribution in [0.15, 0.2) is 23.3 Å². The molecule has 0 aromatic carbocycles. The van der Waals surface area contributed by atoms with E-state index in [9.17, 15) is 9.59 Å². The van der Waals surface area contributed by atoms with Gasteiger partial charge in [-0.2, -0.15) is 0 Å². The number of nitrogens with zero attached hydrogens (tertiary/aromatic N) is 1. The van der Waals surface area contributed by atoms with Gasteiger partial charge in [-0.15, -0.1) is 0 Å². The molecule has 1 aromatic heterocycles. The molecule has 2 rings (SSSR count). The van der Waals surface area contributed by atoms with E-state index in [0.717, 1.165) is 32.6 Å². The average Bonchev–Trinajstić information content (AvgIpc) is 2.32. The van der Waals surface area contributed by atoms with Crippen molar-refractivity contribution in [3.8, 4) is 0 Å². The third-order valence-electron chi connectivity index (χ3n) is 3.02. The lowest BCUT2D eigenvalue weighted by Gasteiger charge is -2.23. The molecule has 5 heteroatoms. The van der Waals surface area contributed by atoms with Crippen LogP contribution in [0.5, 0.6) is 0 Å². The number of carboxylic acid groups (broad SMARTS) is 1. The fourth-order valence-electron chi connectivity index (χ4n) is 2.03. The Morgan fingerprint density at radius 3 is 2.82 bits per heavy atom. The van der Waals surface area contributed by atoms with Crippen LogP contribution in [-0.4, -0.2) is 28.9 Å². The Balaban J connectivity index is 2.13. The van der Waals surface area contributed by atoms with Crippen molar-refractivity contribution in [3.05, 3.63) is 34.2 Å². The number of carbonyl (C=O) groups is 1. The van der Waals surface area contributed by atoms with E-state index in [0.29, 0.717) is 5.92 Å². The highest BCUT2D eigenvalue weighted by molar-refractivity contribution is 5.86. The molecule has 0 radical (unpaired) electrons. The molecule has 5 nitrogen and oxygen atoms in total. The van der Waals surface area contributed by atoms with Crippen LogP contribution in [-0.2, 0) is 11.3 Å².